The van der Waals surface area contributed by atoms with Crippen LogP contribution in [0.4, 0.5) is 0 Å². The molecule has 0 aliphatic rings. The zero-order chi connectivity index (χ0) is 14.5. The summed E-state index contributed by atoms with van der Waals surface area (Å²) in [6.07, 6.45) is 0. The molecule has 1 heterocycles. The number of nitrogens with one attached hydrogen (secondary N) is 1. The van der Waals surface area contributed by atoms with E-state index in [-0.39, 0.29) is 5.84 Å². The number of thiophene rings is 1. The summed E-state index contributed by atoms with van der Waals surface area (Å²) in [5.74, 6) is 0.680. The second-order valence-electron chi connectivity index (χ2n) is 4.75. The topological polar surface area (TPSA) is 62.3 Å². The quantitative estimate of drug-likeness (QED) is 0.635. The Morgan fingerprint density at radius 3 is 2.65 bits per heavy atom. The molecule has 0 radical (unpaired) electrons. The summed E-state index contributed by atoms with van der Waals surface area (Å²) in [4.78, 5) is 2.24. The van der Waals surface area contributed by atoms with Crippen molar-refractivity contribution in [2.75, 3.05) is 14.2 Å². The van der Waals surface area contributed by atoms with Gasteiger partial charge in [-0.1, -0.05) is 6.07 Å². The Balaban J connectivity index is 2.07. The number of nitrogens with two attached hydrogens (primary N) is 1. The van der Waals surface area contributed by atoms with Crippen molar-refractivity contribution in [1.29, 1.82) is 5.41 Å². The van der Waals surface area contributed by atoms with Crippen LogP contribution in [0.15, 0.2) is 35.0 Å². The van der Waals surface area contributed by atoms with Gasteiger partial charge in [0.2, 0.25) is 0 Å². The Hall–Kier alpha value is -1.85. The fourth-order valence-corrected chi connectivity index (χ4v) is 2.78. The molecule has 0 atom stereocenters. The van der Waals surface area contributed by atoms with Gasteiger partial charge in [0.1, 0.15) is 11.6 Å². The highest BCUT2D eigenvalue weighted by Crippen LogP contribution is 2.21. The van der Waals surface area contributed by atoms with E-state index in [9.17, 15) is 0 Å². The predicted octanol–water partition coefficient (Wildman–Crippen LogP) is 2.67. The van der Waals surface area contributed by atoms with Gasteiger partial charge in [-0.25, -0.2) is 0 Å². The molecule has 0 spiro atoms. The van der Waals surface area contributed by atoms with Crippen molar-refractivity contribution in [2.45, 2.75) is 13.1 Å². The van der Waals surface area contributed by atoms with E-state index in [1.165, 1.54) is 5.56 Å². The maximum absolute atomic E-state index is 7.51. The molecule has 1 aromatic heterocycles. The Bertz CT molecular complexity index is 581. The fraction of sp³-hybridized carbons (Fsp3) is 0.267. The summed E-state index contributed by atoms with van der Waals surface area (Å²) in [6, 6.07) is 7.92. The van der Waals surface area contributed by atoms with E-state index in [0.717, 1.165) is 18.7 Å². The summed E-state index contributed by atoms with van der Waals surface area (Å²) in [7, 11) is 3.68. The van der Waals surface area contributed by atoms with Crippen LogP contribution in [0.2, 0.25) is 0 Å². The van der Waals surface area contributed by atoms with Crippen LogP contribution in [-0.2, 0) is 13.1 Å². The number of ether oxygens (including phenoxy) is 1. The minimum Gasteiger partial charge on any atom is -0.496 e. The van der Waals surface area contributed by atoms with E-state index >= 15 is 0 Å². The second kappa shape index (κ2) is 6.54. The number of nitrogen functional groups attached to an aromatic ring is 1. The van der Waals surface area contributed by atoms with Crippen LogP contribution in [0.1, 0.15) is 16.7 Å². The molecule has 0 aliphatic carbocycles. The second-order valence-corrected chi connectivity index (χ2v) is 5.53. The van der Waals surface area contributed by atoms with Crippen LogP contribution in [0.5, 0.6) is 5.75 Å². The Morgan fingerprint density at radius 2 is 2.05 bits per heavy atom. The molecule has 2 rings (SSSR count). The van der Waals surface area contributed by atoms with Crippen LogP contribution in [-0.4, -0.2) is 24.9 Å². The van der Waals surface area contributed by atoms with E-state index in [0.29, 0.717) is 11.3 Å². The number of amidine groups is 1. The van der Waals surface area contributed by atoms with Gasteiger partial charge >= 0.3 is 0 Å². The van der Waals surface area contributed by atoms with Gasteiger partial charge in [0.25, 0.3) is 0 Å². The summed E-state index contributed by atoms with van der Waals surface area (Å²) < 4.78 is 5.30. The third-order valence-electron chi connectivity index (χ3n) is 3.04. The maximum Gasteiger partial charge on any atom is 0.130 e. The normalized spacial score (nSPS) is 10.8. The number of hydrogen-bond acceptors (Lipinski definition) is 4. The van der Waals surface area contributed by atoms with Gasteiger partial charge in [-0.05, 0) is 47.1 Å². The molecule has 0 fully saturated rings. The fourth-order valence-electron chi connectivity index (χ4n) is 2.12. The zero-order valence-electron chi connectivity index (χ0n) is 11.7. The van der Waals surface area contributed by atoms with Gasteiger partial charge in [0.05, 0.1) is 12.7 Å². The van der Waals surface area contributed by atoms with Crippen LogP contribution in [0, 0.1) is 5.41 Å². The first-order chi connectivity index (χ1) is 9.60. The summed E-state index contributed by atoms with van der Waals surface area (Å²) in [5.41, 5.74) is 8.63. The molecular weight excluding hydrogens is 270 g/mol. The first kappa shape index (κ1) is 14.6. The van der Waals surface area contributed by atoms with Gasteiger partial charge in [0.15, 0.2) is 0 Å². The molecule has 0 saturated carbocycles. The van der Waals surface area contributed by atoms with E-state index in [4.69, 9.17) is 15.9 Å². The lowest BCUT2D eigenvalue weighted by Gasteiger charge is -2.17. The first-order valence-electron chi connectivity index (χ1n) is 6.31. The van der Waals surface area contributed by atoms with Crippen molar-refractivity contribution in [2.24, 2.45) is 5.73 Å². The summed E-state index contributed by atoms with van der Waals surface area (Å²) in [5, 5.41) is 11.8. The molecule has 0 aliphatic heterocycles. The van der Waals surface area contributed by atoms with Crippen molar-refractivity contribution < 1.29 is 4.74 Å². The Labute approximate surface area is 123 Å². The molecule has 20 heavy (non-hydrogen) atoms. The molecule has 0 amide bonds. The lowest BCUT2D eigenvalue weighted by atomic mass is 10.1. The standard InChI is InChI=1S/C15H19N3OS/c1-18(9-12-5-6-20-10-12)8-11-3-4-13(15(16)17)14(7-11)19-2/h3-7,10H,8-9H2,1-2H3,(H3,16,17). The zero-order valence-corrected chi connectivity index (χ0v) is 12.5. The van der Waals surface area contributed by atoms with Gasteiger partial charge in [-0.2, -0.15) is 11.3 Å². The number of methoxy groups -OCH3 is 1. The largest absolute Gasteiger partial charge is 0.496 e. The summed E-state index contributed by atoms with van der Waals surface area (Å²) in [6.45, 7) is 1.74. The van der Waals surface area contributed by atoms with Gasteiger partial charge in [-0.15, -0.1) is 0 Å². The van der Waals surface area contributed by atoms with E-state index < -0.39 is 0 Å². The van der Waals surface area contributed by atoms with Gasteiger partial charge < -0.3 is 10.5 Å². The number of nitrogens with zero attached hydrogens (tertiary/aromatic N) is 1. The average Bonchev–Trinajstić information content (AvgIpc) is 2.90. The lowest BCUT2D eigenvalue weighted by molar-refractivity contribution is 0.318. The molecule has 0 unspecified atom stereocenters. The molecule has 0 bridgehead atoms. The highest BCUT2D eigenvalue weighted by molar-refractivity contribution is 7.07. The van der Waals surface area contributed by atoms with Gasteiger partial charge in [0, 0.05) is 13.1 Å². The lowest BCUT2D eigenvalue weighted by Crippen LogP contribution is -2.17. The van der Waals surface area contributed by atoms with Crippen molar-refractivity contribution >= 4 is 17.2 Å². The minimum absolute atomic E-state index is 0.0278. The average molecular weight is 289 g/mol. The monoisotopic (exact) mass is 289 g/mol. The van der Waals surface area contributed by atoms with Crippen LogP contribution in [0.25, 0.3) is 0 Å². The first-order valence-corrected chi connectivity index (χ1v) is 7.25. The third-order valence-corrected chi connectivity index (χ3v) is 3.77. The highest BCUT2D eigenvalue weighted by Gasteiger charge is 2.08. The van der Waals surface area contributed by atoms with E-state index in [1.54, 1.807) is 18.4 Å². The molecule has 5 heteroatoms. The number of rotatable bonds is 6. The van der Waals surface area contributed by atoms with E-state index in [2.05, 4.69) is 28.8 Å². The maximum atomic E-state index is 7.51. The molecule has 4 nitrogen and oxygen atoms in total. The predicted molar refractivity (Wildman–Crippen MR) is 83.5 cm³/mol. The molecule has 3 N–H and O–H groups in total. The Morgan fingerprint density at radius 1 is 1.30 bits per heavy atom. The van der Waals surface area contributed by atoms with Crippen molar-refractivity contribution in [1.82, 2.24) is 4.90 Å². The Kier molecular flexibility index (Phi) is 4.76. The SMILES string of the molecule is COc1cc(CN(C)Cc2ccsc2)ccc1C(=N)N. The molecule has 2 aromatic rings. The van der Waals surface area contributed by atoms with Gasteiger partial charge in [-0.3, -0.25) is 10.3 Å². The van der Waals surface area contributed by atoms with Crippen LogP contribution < -0.4 is 10.5 Å². The van der Waals surface area contributed by atoms with Crippen LogP contribution >= 0.6 is 11.3 Å². The van der Waals surface area contributed by atoms with Crippen molar-refractivity contribution in [3.8, 4) is 5.75 Å². The number of benzene rings is 1. The van der Waals surface area contributed by atoms with E-state index in [1.807, 2.05) is 18.2 Å². The molecule has 1 aromatic carbocycles. The number of hydrogen-bond donors (Lipinski definition) is 2. The molecule has 106 valence electrons. The molecular formula is C15H19N3OS. The highest BCUT2D eigenvalue weighted by atomic mass is 32.1. The third kappa shape index (κ3) is 3.59. The minimum atomic E-state index is 0.0278. The van der Waals surface area contributed by atoms with Crippen LogP contribution in [0.3, 0.4) is 0 Å². The smallest absolute Gasteiger partial charge is 0.130 e. The summed E-state index contributed by atoms with van der Waals surface area (Å²) >= 11 is 1.71. The van der Waals surface area contributed by atoms with Crippen molar-refractivity contribution in [3.05, 3.63) is 51.7 Å². The molecule has 0 saturated heterocycles. The van der Waals surface area contributed by atoms with Crippen molar-refractivity contribution in [3.63, 3.8) is 0 Å².